The summed E-state index contributed by atoms with van der Waals surface area (Å²) >= 11 is 6.12. The number of nitrogens with zero attached hydrogens (tertiary/aromatic N) is 4. The number of aromatic nitrogens is 2. The van der Waals surface area contributed by atoms with Gasteiger partial charge in [0.1, 0.15) is 4.90 Å². The van der Waals surface area contributed by atoms with Gasteiger partial charge in [-0.15, -0.1) is 0 Å². The number of fused-ring (bicyclic) bond motifs is 1. The second-order valence-electron chi connectivity index (χ2n) is 6.82. The molecular formula is C18H21ClN4O4S. The van der Waals surface area contributed by atoms with E-state index in [1.54, 1.807) is 34.8 Å². The molecule has 0 atom stereocenters. The maximum Gasteiger partial charge on any atom is 0.274 e. The lowest BCUT2D eigenvalue weighted by Crippen LogP contribution is -2.42. The van der Waals surface area contributed by atoms with Gasteiger partial charge in [-0.1, -0.05) is 23.7 Å². The van der Waals surface area contributed by atoms with Crippen LogP contribution < -0.4 is 0 Å². The van der Waals surface area contributed by atoms with Crippen molar-refractivity contribution in [1.82, 2.24) is 19.0 Å². The second kappa shape index (κ2) is 7.47. The van der Waals surface area contributed by atoms with Crippen molar-refractivity contribution in [2.45, 2.75) is 17.9 Å². The molecule has 1 aromatic heterocycles. The van der Waals surface area contributed by atoms with Gasteiger partial charge in [-0.3, -0.25) is 9.48 Å². The van der Waals surface area contributed by atoms with Crippen LogP contribution in [0.4, 0.5) is 0 Å². The topological polar surface area (TPSA) is 84.7 Å². The van der Waals surface area contributed by atoms with Crippen LogP contribution in [0.1, 0.15) is 21.7 Å². The van der Waals surface area contributed by atoms with E-state index >= 15 is 0 Å². The van der Waals surface area contributed by atoms with E-state index in [2.05, 4.69) is 5.10 Å². The first-order valence-corrected chi connectivity index (χ1v) is 10.9. The van der Waals surface area contributed by atoms with Crippen molar-refractivity contribution in [1.29, 1.82) is 0 Å². The summed E-state index contributed by atoms with van der Waals surface area (Å²) in [5.41, 5.74) is 1.88. The van der Waals surface area contributed by atoms with Gasteiger partial charge in [0.05, 0.1) is 18.2 Å². The summed E-state index contributed by atoms with van der Waals surface area (Å²) in [6.07, 6.45) is 0.485. The lowest BCUT2D eigenvalue weighted by atomic mass is 10.1. The number of carbonyl (C=O) groups is 1. The van der Waals surface area contributed by atoms with Crippen molar-refractivity contribution in [3.63, 3.8) is 0 Å². The Morgan fingerprint density at radius 2 is 1.89 bits per heavy atom. The molecule has 1 fully saturated rings. The van der Waals surface area contributed by atoms with Crippen LogP contribution in [-0.4, -0.2) is 66.2 Å². The summed E-state index contributed by atoms with van der Waals surface area (Å²) in [4.78, 5) is 14.7. The van der Waals surface area contributed by atoms with E-state index in [0.717, 1.165) is 5.69 Å². The fraction of sp³-hybridized carbons (Fsp3) is 0.444. The van der Waals surface area contributed by atoms with Crippen LogP contribution >= 0.6 is 11.6 Å². The van der Waals surface area contributed by atoms with E-state index in [1.807, 2.05) is 0 Å². The number of sulfonamides is 1. The van der Waals surface area contributed by atoms with Crippen molar-refractivity contribution in [2.24, 2.45) is 7.05 Å². The normalized spacial score (nSPS) is 18.1. The molecule has 0 radical (unpaired) electrons. The number of aryl methyl sites for hydroxylation is 1. The molecule has 3 heterocycles. The molecule has 2 aliphatic rings. The predicted molar refractivity (Wildman–Crippen MR) is 103 cm³/mol. The average molecular weight is 425 g/mol. The van der Waals surface area contributed by atoms with E-state index in [9.17, 15) is 13.2 Å². The number of carbonyl (C=O) groups excluding carboxylic acids is 1. The zero-order chi connectivity index (χ0) is 19.9. The summed E-state index contributed by atoms with van der Waals surface area (Å²) in [7, 11) is -1.99. The van der Waals surface area contributed by atoms with Crippen LogP contribution in [0.3, 0.4) is 0 Å². The monoisotopic (exact) mass is 424 g/mol. The third-order valence-corrected chi connectivity index (χ3v) is 7.51. The van der Waals surface area contributed by atoms with Gasteiger partial charge in [-0.2, -0.15) is 9.40 Å². The molecular weight excluding hydrogens is 404 g/mol. The minimum Gasteiger partial charge on any atom is -0.378 e. The Bertz CT molecular complexity index is 1010. The quantitative estimate of drug-likeness (QED) is 0.741. The predicted octanol–water partition coefficient (Wildman–Crippen LogP) is 1.29. The largest absolute Gasteiger partial charge is 0.378 e. The summed E-state index contributed by atoms with van der Waals surface area (Å²) in [5.74, 6) is -0.183. The van der Waals surface area contributed by atoms with Gasteiger partial charge in [0.15, 0.2) is 5.69 Å². The average Bonchev–Trinajstić information content (AvgIpc) is 3.04. The summed E-state index contributed by atoms with van der Waals surface area (Å²) < 4.78 is 34.6. The van der Waals surface area contributed by atoms with Crippen LogP contribution in [0.5, 0.6) is 0 Å². The number of ether oxygens (including phenoxy) is 1. The van der Waals surface area contributed by atoms with Crippen LogP contribution in [-0.2, 0) is 34.8 Å². The number of benzene rings is 1. The molecule has 8 nitrogen and oxygen atoms in total. The number of hydrogen-bond donors (Lipinski definition) is 0. The standard InChI is InChI=1S/C18H21ClN4O4S/c1-21-15-6-7-23(28(25,26)16-5-3-2-4-14(16)19)12-13(15)17(20-21)18(24)22-8-10-27-11-9-22/h2-5H,6-12H2,1H3. The maximum atomic E-state index is 13.1. The highest BCUT2D eigenvalue weighted by Gasteiger charge is 2.35. The number of hydrogen-bond acceptors (Lipinski definition) is 5. The Kier molecular flexibility index (Phi) is 5.17. The Balaban J connectivity index is 1.66. The molecule has 1 amide bonds. The molecule has 0 N–H and O–H groups in total. The van der Waals surface area contributed by atoms with Crippen molar-refractivity contribution in [2.75, 3.05) is 32.8 Å². The van der Waals surface area contributed by atoms with E-state index in [0.29, 0.717) is 50.5 Å². The Morgan fingerprint density at radius 3 is 2.61 bits per heavy atom. The molecule has 1 saturated heterocycles. The molecule has 0 aliphatic carbocycles. The Hall–Kier alpha value is -1.94. The minimum atomic E-state index is -3.77. The lowest BCUT2D eigenvalue weighted by Gasteiger charge is -2.29. The molecule has 0 unspecified atom stereocenters. The fourth-order valence-corrected chi connectivity index (χ4v) is 5.56. The minimum absolute atomic E-state index is 0.0741. The van der Waals surface area contributed by atoms with E-state index in [4.69, 9.17) is 16.3 Å². The molecule has 2 aliphatic heterocycles. The zero-order valence-electron chi connectivity index (χ0n) is 15.5. The smallest absolute Gasteiger partial charge is 0.274 e. The van der Waals surface area contributed by atoms with Crippen molar-refractivity contribution in [3.05, 3.63) is 46.2 Å². The van der Waals surface area contributed by atoms with E-state index in [1.165, 1.54) is 10.4 Å². The Labute approximate surface area is 168 Å². The van der Waals surface area contributed by atoms with Gasteiger partial charge in [0.25, 0.3) is 5.91 Å². The molecule has 28 heavy (non-hydrogen) atoms. The fourth-order valence-electron chi connectivity index (χ4n) is 3.65. The SMILES string of the molecule is Cn1nc(C(=O)N2CCOCC2)c2c1CCN(S(=O)(=O)c1ccccc1Cl)C2. The van der Waals surface area contributed by atoms with Gasteiger partial charge in [-0.25, -0.2) is 8.42 Å². The van der Waals surface area contributed by atoms with Crippen LogP contribution in [0, 0.1) is 0 Å². The van der Waals surface area contributed by atoms with Gasteiger partial charge in [-0.05, 0) is 12.1 Å². The van der Waals surface area contributed by atoms with Crippen molar-refractivity contribution < 1.29 is 17.9 Å². The number of amides is 1. The van der Waals surface area contributed by atoms with Crippen molar-refractivity contribution >= 4 is 27.5 Å². The summed E-state index contributed by atoms with van der Waals surface area (Å²) in [5, 5.41) is 4.60. The van der Waals surface area contributed by atoms with Gasteiger partial charge >= 0.3 is 0 Å². The van der Waals surface area contributed by atoms with Gasteiger partial charge in [0.2, 0.25) is 10.0 Å². The third kappa shape index (κ3) is 3.32. The molecule has 10 heteroatoms. The molecule has 0 bridgehead atoms. The van der Waals surface area contributed by atoms with Gasteiger partial charge < -0.3 is 9.64 Å². The summed E-state index contributed by atoms with van der Waals surface area (Å²) in [6, 6.07) is 6.39. The van der Waals surface area contributed by atoms with Gasteiger partial charge in [0, 0.05) is 50.9 Å². The first-order valence-electron chi connectivity index (χ1n) is 9.06. The molecule has 4 rings (SSSR count). The maximum absolute atomic E-state index is 13.1. The molecule has 1 aromatic carbocycles. The van der Waals surface area contributed by atoms with E-state index < -0.39 is 10.0 Å². The number of halogens is 1. The molecule has 0 saturated carbocycles. The highest BCUT2D eigenvalue weighted by molar-refractivity contribution is 7.89. The first-order chi connectivity index (χ1) is 13.4. The molecule has 2 aromatic rings. The highest BCUT2D eigenvalue weighted by Crippen LogP contribution is 2.30. The van der Waals surface area contributed by atoms with Crippen LogP contribution in [0.15, 0.2) is 29.2 Å². The lowest BCUT2D eigenvalue weighted by molar-refractivity contribution is 0.0297. The van der Waals surface area contributed by atoms with Crippen LogP contribution in [0.25, 0.3) is 0 Å². The van der Waals surface area contributed by atoms with E-state index in [-0.39, 0.29) is 22.4 Å². The number of rotatable bonds is 3. The highest BCUT2D eigenvalue weighted by atomic mass is 35.5. The zero-order valence-corrected chi connectivity index (χ0v) is 17.0. The second-order valence-corrected chi connectivity index (χ2v) is 9.13. The van der Waals surface area contributed by atoms with Crippen LogP contribution in [0.2, 0.25) is 5.02 Å². The first kappa shape index (κ1) is 19.4. The third-order valence-electron chi connectivity index (χ3n) is 5.16. The van der Waals surface area contributed by atoms with Crippen molar-refractivity contribution in [3.8, 4) is 0 Å². The molecule has 150 valence electrons. The Morgan fingerprint density at radius 1 is 1.18 bits per heavy atom. The number of morpholine rings is 1. The molecule has 0 spiro atoms. The summed E-state index contributed by atoms with van der Waals surface area (Å²) in [6.45, 7) is 2.41.